The molecule has 2 aliphatic rings. The first-order valence-electron chi connectivity index (χ1n) is 15.5. The summed E-state index contributed by atoms with van der Waals surface area (Å²) in [5.41, 5.74) is 4.64. The van der Waals surface area contributed by atoms with Crippen LogP contribution >= 0.6 is 0 Å². The van der Waals surface area contributed by atoms with Gasteiger partial charge in [-0.15, -0.1) is 6.58 Å². The lowest BCUT2D eigenvalue weighted by Crippen LogP contribution is -2.44. The molecule has 1 saturated carbocycles. The molecule has 11 heteroatoms. The summed E-state index contributed by atoms with van der Waals surface area (Å²) < 4.78 is 28.3. The Labute approximate surface area is 263 Å². The first kappa shape index (κ1) is 30.9. The van der Waals surface area contributed by atoms with Gasteiger partial charge < -0.3 is 14.8 Å². The number of ketones is 1. The van der Waals surface area contributed by atoms with Gasteiger partial charge in [0.2, 0.25) is 0 Å². The summed E-state index contributed by atoms with van der Waals surface area (Å²) in [4.78, 5) is 38.8. The predicted octanol–water partition coefficient (Wildman–Crippen LogP) is 4.57. The number of aromatic amines is 1. The van der Waals surface area contributed by atoms with E-state index in [9.17, 15) is 18.0 Å². The van der Waals surface area contributed by atoms with Gasteiger partial charge in [0.15, 0.2) is 5.78 Å². The van der Waals surface area contributed by atoms with E-state index in [2.05, 4.69) is 33.5 Å². The van der Waals surface area contributed by atoms with Crippen molar-refractivity contribution in [1.82, 2.24) is 24.1 Å². The highest BCUT2D eigenvalue weighted by Gasteiger charge is 2.55. The van der Waals surface area contributed by atoms with Crippen molar-refractivity contribution in [1.29, 1.82) is 0 Å². The minimum absolute atomic E-state index is 0.0872. The van der Waals surface area contributed by atoms with Crippen molar-refractivity contribution < 1.29 is 13.2 Å². The molecular formula is C34H40N6O4S. The van der Waals surface area contributed by atoms with E-state index < -0.39 is 14.8 Å². The van der Waals surface area contributed by atoms with Crippen LogP contribution in [0.5, 0.6) is 0 Å². The van der Waals surface area contributed by atoms with Crippen LogP contribution in [0, 0.1) is 20.8 Å². The summed E-state index contributed by atoms with van der Waals surface area (Å²) in [6.07, 6.45) is 5.19. The van der Waals surface area contributed by atoms with Gasteiger partial charge in [-0.3, -0.25) is 9.59 Å². The lowest BCUT2D eigenvalue weighted by molar-refractivity contribution is 0.0984. The van der Waals surface area contributed by atoms with Crippen molar-refractivity contribution in [3.05, 3.63) is 87.6 Å². The molecule has 10 nitrogen and oxygen atoms in total. The summed E-state index contributed by atoms with van der Waals surface area (Å²) in [5, 5.41) is 5.04. The molecule has 236 valence electrons. The maximum atomic E-state index is 14.0. The number of benzene rings is 1. The van der Waals surface area contributed by atoms with E-state index in [0.717, 1.165) is 52.9 Å². The Morgan fingerprint density at radius 3 is 2.42 bits per heavy atom. The summed E-state index contributed by atoms with van der Waals surface area (Å²) >= 11 is 0. The fourth-order valence-electron chi connectivity index (χ4n) is 6.47. The molecule has 1 aliphatic carbocycles. The van der Waals surface area contributed by atoms with Crippen LogP contribution in [0.4, 0.5) is 5.82 Å². The van der Waals surface area contributed by atoms with E-state index in [0.29, 0.717) is 52.5 Å². The SMILES string of the molecule is C=CCC1(S(=O)(=O)n2nc(C)c3c(C(=O)CCc4c(C)cc(C)[nH]c4=O)cc(-c4ccc(N5CCN(C)CC5)nc4)cc32)CC1. The number of likely N-dealkylation sites (N-methyl/N-ethyl adjacent to an activating group) is 1. The molecule has 1 aliphatic heterocycles. The highest BCUT2D eigenvalue weighted by Crippen LogP contribution is 2.48. The average molecular weight is 629 g/mol. The first-order chi connectivity index (χ1) is 21.4. The second kappa shape index (κ2) is 11.7. The van der Waals surface area contributed by atoms with Crippen LogP contribution in [0.1, 0.15) is 58.6 Å². The van der Waals surface area contributed by atoms with Gasteiger partial charge in [-0.1, -0.05) is 6.08 Å². The molecule has 1 saturated heterocycles. The maximum absolute atomic E-state index is 14.0. The number of fused-ring (bicyclic) bond motifs is 1. The van der Waals surface area contributed by atoms with Gasteiger partial charge in [0.25, 0.3) is 15.6 Å². The molecular weight excluding hydrogens is 588 g/mol. The van der Waals surface area contributed by atoms with E-state index in [4.69, 9.17) is 4.98 Å². The fraction of sp³-hybridized carbons (Fsp3) is 0.412. The van der Waals surface area contributed by atoms with Crippen molar-refractivity contribution in [2.75, 3.05) is 38.1 Å². The number of hydrogen-bond donors (Lipinski definition) is 1. The van der Waals surface area contributed by atoms with Crippen LogP contribution in [0.2, 0.25) is 0 Å². The van der Waals surface area contributed by atoms with Crippen LogP contribution in [0.25, 0.3) is 22.0 Å². The van der Waals surface area contributed by atoms with E-state index >= 15 is 0 Å². The Morgan fingerprint density at radius 1 is 1.07 bits per heavy atom. The molecule has 1 aromatic carbocycles. The standard InChI is InChI=1S/C34H40N6O4S/c1-6-11-34(12-13-34)45(43,44)40-29-20-26(25-7-10-31(35-21-25)39-16-14-38(5)15-17-39)19-28(32(29)24(4)37-40)30(41)9-8-27-22(2)18-23(3)36-33(27)42/h6-7,10,18-21H,1,8-9,11-17H2,2-5H3,(H,36,42). The summed E-state index contributed by atoms with van der Waals surface area (Å²) in [6.45, 7) is 12.9. The van der Waals surface area contributed by atoms with Crippen molar-refractivity contribution >= 4 is 32.5 Å². The summed E-state index contributed by atoms with van der Waals surface area (Å²) in [7, 11) is -1.77. The quantitative estimate of drug-likeness (QED) is 0.200. The maximum Gasteiger partial charge on any atom is 0.260 e. The molecule has 3 aromatic heterocycles. The molecule has 6 rings (SSSR count). The molecule has 4 aromatic rings. The number of nitrogens with zero attached hydrogens (tertiary/aromatic N) is 5. The molecule has 0 unspecified atom stereocenters. The fourth-order valence-corrected chi connectivity index (χ4v) is 8.41. The van der Waals surface area contributed by atoms with E-state index in [1.165, 1.54) is 0 Å². The van der Waals surface area contributed by atoms with Gasteiger partial charge in [-0.25, -0.2) is 13.4 Å². The minimum Gasteiger partial charge on any atom is -0.354 e. The molecule has 45 heavy (non-hydrogen) atoms. The van der Waals surface area contributed by atoms with Gasteiger partial charge in [0.05, 0.1) is 16.0 Å². The normalized spacial score (nSPS) is 16.7. The lowest BCUT2D eigenvalue weighted by atomic mass is 9.94. The number of carbonyl (C=O) groups is 1. The number of nitrogens with one attached hydrogen (secondary N) is 1. The largest absolute Gasteiger partial charge is 0.354 e. The Balaban J connectivity index is 1.43. The Kier molecular flexibility index (Phi) is 8.03. The number of piperazine rings is 1. The number of rotatable bonds is 10. The number of pyridine rings is 2. The number of carbonyl (C=O) groups excluding carboxylic acids is 1. The predicted molar refractivity (Wildman–Crippen MR) is 178 cm³/mol. The number of Topliss-reactive ketones (excluding diaryl/α,β-unsaturated/α-hetero) is 1. The average Bonchev–Trinajstić information content (AvgIpc) is 3.73. The van der Waals surface area contributed by atoms with Crippen molar-refractivity contribution in [2.24, 2.45) is 0 Å². The Morgan fingerprint density at radius 2 is 1.80 bits per heavy atom. The Hall–Kier alpha value is -4.09. The van der Waals surface area contributed by atoms with Gasteiger partial charge in [0.1, 0.15) is 5.82 Å². The van der Waals surface area contributed by atoms with Gasteiger partial charge in [0, 0.05) is 66.6 Å². The zero-order chi connectivity index (χ0) is 32.1. The van der Waals surface area contributed by atoms with Crippen LogP contribution in [0.15, 0.2) is 54.0 Å². The highest BCUT2D eigenvalue weighted by molar-refractivity contribution is 7.91. The number of aryl methyl sites for hydroxylation is 3. The van der Waals surface area contributed by atoms with E-state index in [-0.39, 0.29) is 24.2 Å². The zero-order valence-corrected chi connectivity index (χ0v) is 27.2. The van der Waals surface area contributed by atoms with Crippen LogP contribution in [-0.2, 0) is 16.4 Å². The third-order valence-electron chi connectivity index (χ3n) is 9.33. The van der Waals surface area contributed by atoms with Crippen molar-refractivity contribution in [3.8, 4) is 11.1 Å². The monoisotopic (exact) mass is 628 g/mol. The third-order valence-corrected chi connectivity index (χ3v) is 11.7. The molecule has 0 spiro atoms. The molecule has 0 bridgehead atoms. The molecule has 2 fully saturated rings. The Bertz CT molecular complexity index is 1960. The third kappa shape index (κ3) is 5.63. The smallest absolute Gasteiger partial charge is 0.260 e. The number of allylic oxidation sites excluding steroid dienone is 1. The van der Waals surface area contributed by atoms with Gasteiger partial charge in [-0.2, -0.15) is 9.19 Å². The molecule has 1 N–H and O–H groups in total. The van der Waals surface area contributed by atoms with Crippen molar-refractivity contribution in [2.45, 2.75) is 57.6 Å². The molecule has 0 radical (unpaired) electrons. The zero-order valence-electron chi connectivity index (χ0n) is 26.4. The lowest BCUT2D eigenvalue weighted by Gasteiger charge is -2.33. The molecule has 0 amide bonds. The molecule has 0 atom stereocenters. The van der Waals surface area contributed by atoms with Gasteiger partial charge >= 0.3 is 0 Å². The summed E-state index contributed by atoms with van der Waals surface area (Å²) in [6, 6.07) is 9.45. The minimum atomic E-state index is -3.88. The topological polar surface area (TPSA) is 121 Å². The van der Waals surface area contributed by atoms with E-state index in [1.54, 1.807) is 25.3 Å². The second-order valence-corrected chi connectivity index (χ2v) is 14.8. The van der Waals surface area contributed by atoms with Gasteiger partial charge in [-0.05, 0) is 95.0 Å². The van der Waals surface area contributed by atoms with Crippen LogP contribution in [-0.4, -0.2) is 76.2 Å². The molecule has 4 heterocycles. The second-order valence-electron chi connectivity index (χ2n) is 12.6. The number of anilines is 1. The van der Waals surface area contributed by atoms with Crippen LogP contribution < -0.4 is 10.5 Å². The van der Waals surface area contributed by atoms with E-state index in [1.807, 2.05) is 38.1 Å². The number of aromatic nitrogens is 4. The van der Waals surface area contributed by atoms with Crippen molar-refractivity contribution in [3.63, 3.8) is 0 Å². The van der Waals surface area contributed by atoms with Crippen LogP contribution in [0.3, 0.4) is 0 Å². The highest BCUT2D eigenvalue weighted by atomic mass is 32.2. The first-order valence-corrected chi connectivity index (χ1v) is 16.9. The number of H-pyrrole nitrogens is 1. The number of hydrogen-bond acceptors (Lipinski definition) is 8. The summed E-state index contributed by atoms with van der Waals surface area (Å²) in [5.74, 6) is 0.696.